The molecule has 3 unspecified atom stereocenters. The number of nitrogens with two attached hydrogens (primary N) is 1. The van der Waals surface area contributed by atoms with Crippen LogP contribution in [0.2, 0.25) is 5.02 Å². The van der Waals surface area contributed by atoms with Crippen molar-refractivity contribution in [2.75, 3.05) is 0 Å². The number of hydrogen-bond acceptors (Lipinski definition) is 2. The van der Waals surface area contributed by atoms with E-state index >= 15 is 0 Å². The molecule has 0 aromatic heterocycles. The van der Waals surface area contributed by atoms with E-state index in [9.17, 15) is 4.79 Å². The second-order valence-electron chi connectivity index (χ2n) is 7.63. The maximum absolute atomic E-state index is 13.4. The monoisotopic (exact) mass is 404 g/mol. The van der Waals surface area contributed by atoms with Gasteiger partial charge in [0.1, 0.15) is 0 Å². The van der Waals surface area contributed by atoms with Crippen molar-refractivity contribution in [3.8, 4) is 0 Å². The first kappa shape index (κ1) is 20.2. The average molecular weight is 405 g/mol. The molecule has 3 atom stereocenters. The Labute approximate surface area is 172 Å². The number of hydrogen-bond donors (Lipinski definition) is 1. The van der Waals surface area contributed by atoms with Crippen LogP contribution < -0.4 is 5.73 Å². The molecule has 2 aromatic carbocycles. The molecule has 0 spiro atoms. The van der Waals surface area contributed by atoms with E-state index in [1.165, 1.54) is 11.1 Å². The maximum Gasteiger partial charge on any atom is 0.226 e. The Kier molecular flexibility index (Phi) is 6.46. The van der Waals surface area contributed by atoms with Crippen LogP contribution >= 0.6 is 24.0 Å². The lowest BCUT2D eigenvalue weighted by molar-refractivity contribution is -0.140. The van der Waals surface area contributed by atoms with Crippen LogP contribution in [0.1, 0.15) is 48.4 Å². The molecule has 2 aliphatic rings. The van der Waals surface area contributed by atoms with Crippen LogP contribution in [0.15, 0.2) is 48.5 Å². The zero-order valence-electron chi connectivity index (χ0n) is 15.3. The minimum atomic E-state index is 0. The fraction of sp³-hybridized carbons (Fsp3) is 0.409. The number of carbonyl (C=O) groups is 1. The van der Waals surface area contributed by atoms with Crippen LogP contribution in [0.4, 0.5) is 0 Å². The molecule has 5 heteroatoms. The zero-order chi connectivity index (χ0) is 18.1. The number of rotatable bonds is 2. The van der Waals surface area contributed by atoms with Crippen molar-refractivity contribution in [3.63, 3.8) is 0 Å². The summed E-state index contributed by atoms with van der Waals surface area (Å²) >= 11 is 6.21. The third-order valence-electron chi connectivity index (χ3n) is 5.83. The molecule has 144 valence electrons. The second-order valence-corrected chi connectivity index (χ2v) is 8.07. The van der Waals surface area contributed by atoms with E-state index in [2.05, 4.69) is 23.1 Å². The molecule has 1 heterocycles. The molecule has 27 heavy (non-hydrogen) atoms. The van der Waals surface area contributed by atoms with Gasteiger partial charge in [-0.3, -0.25) is 4.79 Å². The van der Waals surface area contributed by atoms with E-state index in [1.54, 1.807) is 0 Å². The Hall–Kier alpha value is -1.55. The van der Waals surface area contributed by atoms with Gasteiger partial charge in [-0.05, 0) is 54.5 Å². The molecule has 1 saturated carbocycles. The summed E-state index contributed by atoms with van der Waals surface area (Å²) in [5, 5.41) is 0.731. The summed E-state index contributed by atoms with van der Waals surface area (Å²) in [4.78, 5) is 15.5. The predicted molar refractivity (Wildman–Crippen MR) is 112 cm³/mol. The number of fused-ring (bicyclic) bond motifs is 1. The van der Waals surface area contributed by atoms with Crippen molar-refractivity contribution >= 4 is 29.9 Å². The van der Waals surface area contributed by atoms with Crippen molar-refractivity contribution in [3.05, 3.63) is 70.2 Å². The summed E-state index contributed by atoms with van der Waals surface area (Å²) in [7, 11) is 0. The Morgan fingerprint density at radius 2 is 1.85 bits per heavy atom. The Morgan fingerprint density at radius 1 is 1.07 bits per heavy atom. The summed E-state index contributed by atoms with van der Waals surface area (Å²) in [6, 6.07) is 16.6. The number of nitrogens with zero attached hydrogens (tertiary/aromatic N) is 1. The summed E-state index contributed by atoms with van der Waals surface area (Å²) in [5.41, 5.74) is 9.79. The number of carbonyl (C=O) groups excluding carboxylic acids is 1. The van der Waals surface area contributed by atoms with Crippen LogP contribution in [0.25, 0.3) is 0 Å². The lowest BCUT2D eigenvalue weighted by atomic mass is 9.83. The fourth-order valence-corrected chi connectivity index (χ4v) is 4.64. The van der Waals surface area contributed by atoms with Crippen molar-refractivity contribution in [2.24, 2.45) is 11.7 Å². The molecule has 1 aliphatic carbocycles. The third-order valence-corrected chi connectivity index (χ3v) is 6.07. The lowest BCUT2D eigenvalue weighted by Crippen LogP contribution is -2.44. The van der Waals surface area contributed by atoms with Gasteiger partial charge in [0, 0.05) is 23.5 Å². The molecule has 3 nitrogen and oxygen atoms in total. The normalized spacial score (nSPS) is 24.7. The van der Waals surface area contributed by atoms with Crippen LogP contribution in [-0.4, -0.2) is 16.8 Å². The summed E-state index contributed by atoms with van der Waals surface area (Å²) < 4.78 is 0. The number of amides is 1. The molecule has 2 aromatic rings. The molecule has 1 amide bonds. The van der Waals surface area contributed by atoms with Gasteiger partial charge in [-0.2, -0.15) is 0 Å². The molecule has 4 rings (SSSR count). The highest BCUT2D eigenvalue weighted by molar-refractivity contribution is 6.30. The van der Waals surface area contributed by atoms with Gasteiger partial charge < -0.3 is 10.6 Å². The largest absolute Gasteiger partial charge is 0.331 e. The van der Waals surface area contributed by atoms with E-state index in [4.69, 9.17) is 17.3 Å². The van der Waals surface area contributed by atoms with E-state index in [1.807, 2.05) is 30.3 Å². The molecule has 0 radical (unpaired) electrons. The zero-order valence-corrected chi connectivity index (χ0v) is 16.9. The van der Waals surface area contributed by atoms with E-state index in [-0.39, 0.29) is 36.3 Å². The average Bonchev–Trinajstić information content (AvgIpc) is 2.67. The van der Waals surface area contributed by atoms with Gasteiger partial charge in [0.2, 0.25) is 5.91 Å². The predicted octanol–water partition coefficient (Wildman–Crippen LogP) is 4.91. The van der Waals surface area contributed by atoms with Gasteiger partial charge in [0.05, 0.1) is 6.04 Å². The summed E-state index contributed by atoms with van der Waals surface area (Å²) in [5.74, 6) is 0.297. The standard InChI is InChI=1S/C22H25ClN2O.ClH/c23-19-10-9-16-13-21(15-5-2-1-3-6-15)25(14-18(16)11-19)22(26)17-7-4-8-20(24)12-17;/h1-3,5-6,9-11,17,20-21H,4,7-8,12-14,24H2;1H. The molecule has 0 saturated heterocycles. The maximum atomic E-state index is 13.4. The Bertz CT molecular complexity index is 796. The van der Waals surface area contributed by atoms with Crippen molar-refractivity contribution in [1.29, 1.82) is 0 Å². The van der Waals surface area contributed by atoms with E-state index < -0.39 is 0 Å². The third kappa shape index (κ3) is 4.31. The summed E-state index contributed by atoms with van der Waals surface area (Å²) in [6.45, 7) is 0.625. The highest BCUT2D eigenvalue weighted by atomic mass is 35.5. The first-order chi connectivity index (χ1) is 12.6. The Balaban J connectivity index is 0.00000210. The highest BCUT2D eigenvalue weighted by Gasteiger charge is 2.36. The Morgan fingerprint density at radius 3 is 2.59 bits per heavy atom. The van der Waals surface area contributed by atoms with Crippen LogP contribution in [0.3, 0.4) is 0 Å². The fourth-order valence-electron chi connectivity index (χ4n) is 4.44. The van der Waals surface area contributed by atoms with Gasteiger partial charge in [0.15, 0.2) is 0 Å². The molecule has 0 bridgehead atoms. The van der Waals surface area contributed by atoms with Gasteiger partial charge in [0.25, 0.3) is 0 Å². The smallest absolute Gasteiger partial charge is 0.226 e. The quantitative estimate of drug-likeness (QED) is 0.772. The van der Waals surface area contributed by atoms with E-state index in [0.29, 0.717) is 6.54 Å². The topological polar surface area (TPSA) is 46.3 Å². The highest BCUT2D eigenvalue weighted by Crippen LogP contribution is 2.37. The lowest BCUT2D eigenvalue weighted by Gasteiger charge is -2.40. The van der Waals surface area contributed by atoms with Gasteiger partial charge in [-0.1, -0.05) is 54.4 Å². The minimum Gasteiger partial charge on any atom is -0.331 e. The van der Waals surface area contributed by atoms with Crippen molar-refractivity contribution in [2.45, 2.75) is 50.7 Å². The first-order valence-electron chi connectivity index (χ1n) is 9.50. The molecule has 2 N–H and O–H groups in total. The molecule has 1 aliphatic heterocycles. The van der Waals surface area contributed by atoms with Crippen molar-refractivity contribution < 1.29 is 4.79 Å². The first-order valence-corrected chi connectivity index (χ1v) is 9.88. The van der Waals surface area contributed by atoms with Gasteiger partial charge in [-0.15, -0.1) is 12.4 Å². The number of halogens is 2. The minimum absolute atomic E-state index is 0. The second kappa shape index (κ2) is 8.64. The van der Waals surface area contributed by atoms with Gasteiger partial charge >= 0.3 is 0 Å². The van der Waals surface area contributed by atoms with E-state index in [0.717, 1.165) is 42.7 Å². The number of benzene rings is 2. The van der Waals surface area contributed by atoms with Crippen LogP contribution in [-0.2, 0) is 17.8 Å². The molecular formula is C22H26Cl2N2O. The van der Waals surface area contributed by atoms with Gasteiger partial charge in [-0.25, -0.2) is 0 Å². The van der Waals surface area contributed by atoms with Crippen molar-refractivity contribution in [1.82, 2.24) is 4.90 Å². The van der Waals surface area contributed by atoms with Crippen LogP contribution in [0, 0.1) is 5.92 Å². The summed E-state index contributed by atoms with van der Waals surface area (Å²) in [6.07, 6.45) is 4.67. The SMILES string of the molecule is Cl.NC1CCCC(C(=O)N2Cc3cc(Cl)ccc3CC2c2ccccc2)C1. The van der Waals surface area contributed by atoms with Crippen LogP contribution in [0.5, 0.6) is 0 Å². The molecule has 1 fully saturated rings. The molecular weight excluding hydrogens is 379 g/mol.